The molecule has 0 fully saturated rings. The third-order valence-electron chi connectivity index (χ3n) is 6.09. The van der Waals surface area contributed by atoms with Gasteiger partial charge in [0.2, 0.25) is 6.10 Å². The van der Waals surface area contributed by atoms with E-state index in [0.29, 0.717) is 48.7 Å². The molecule has 3 aromatic rings. The van der Waals surface area contributed by atoms with Crippen LogP contribution in [-0.4, -0.2) is 60.5 Å². The maximum atomic E-state index is 13.6. The zero-order valence-corrected chi connectivity index (χ0v) is 21.5. The minimum absolute atomic E-state index is 0.0517. The summed E-state index contributed by atoms with van der Waals surface area (Å²) in [5.74, 6) is -2.01. The SMILES string of the molecule is O=C(O)CCCN1CC(C(=O)O)Oc2c(NC(=O)c3ccc(OCCCOc4ccccc4F)cc3)cccc21. The number of halogens is 1. The molecule has 1 heterocycles. The monoisotopic (exact) mass is 552 g/mol. The molecule has 1 aliphatic rings. The molecule has 0 aromatic heterocycles. The Hall–Kier alpha value is -4.80. The van der Waals surface area contributed by atoms with Gasteiger partial charge in [-0.1, -0.05) is 18.2 Å². The standard InChI is InChI=1S/C29H29FN2O8/c30-21-6-1-2-9-24(21)39-17-5-16-38-20-13-11-19(12-14-20)28(35)31-22-7-3-8-23-27(22)40-25(29(36)37)18-32(23)15-4-10-26(33)34/h1-3,6-9,11-14,25H,4-5,10,15-18H2,(H,31,35)(H,33,34)(H,36,37). The van der Waals surface area contributed by atoms with Crippen molar-refractivity contribution in [3.05, 3.63) is 78.1 Å². The maximum absolute atomic E-state index is 13.6. The molecule has 0 aliphatic carbocycles. The molecular formula is C29H29FN2O8. The first-order valence-corrected chi connectivity index (χ1v) is 12.7. The lowest BCUT2D eigenvalue weighted by atomic mass is 10.1. The molecule has 40 heavy (non-hydrogen) atoms. The Morgan fingerprint density at radius 3 is 2.42 bits per heavy atom. The van der Waals surface area contributed by atoms with Crippen LogP contribution in [-0.2, 0) is 9.59 Å². The van der Waals surface area contributed by atoms with E-state index in [2.05, 4.69) is 5.32 Å². The van der Waals surface area contributed by atoms with Crippen LogP contribution in [0.25, 0.3) is 0 Å². The zero-order chi connectivity index (χ0) is 28.5. The molecule has 210 valence electrons. The average Bonchev–Trinajstić information content (AvgIpc) is 2.94. The first-order valence-electron chi connectivity index (χ1n) is 12.7. The fourth-order valence-corrected chi connectivity index (χ4v) is 4.13. The summed E-state index contributed by atoms with van der Waals surface area (Å²) in [5, 5.41) is 21.3. The molecule has 0 radical (unpaired) electrons. The molecule has 4 rings (SSSR count). The largest absolute Gasteiger partial charge is 0.493 e. The van der Waals surface area contributed by atoms with Crippen molar-refractivity contribution in [1.82, 2.24) is 0 Å². The molecular weight excluding hydrogens is 523 g/mol. The fraction of sp³-hybridized carbons (Fsp3) is 0.276. The first kappa shape index (κ1) is 28.2. The lowest BCUT2D eigenvalue weighted by molar-refractivity contribution is -0.145. The third-order valence-corrected chi connectivity index (χ3v) is 6.09. The Morgan fingerprint density at radius 2 is 1.70 bits per heavy atom. The number of hydrogen-bond acceptors (Lipinski definition) is 7. The van der Waals surface area contributed by atoms with Gasteiger partial charge in [0.05, 0.1) is 31.1 Å². The van der Waals surface area contributed by atoms with E-state index in [1.54, 1.807) is 65.6 Å². The molecule has 0 saturated heterocycles. The molecule has 1 amide bonds. The van der Waals surface area contributed by atoms with E-state index >= 15 is 0 Å². The number of carboxylic acid groups (broad SMARTS) is 2. The number of amides is 1. The number of ether oxygens (including phenoxy) is 3. The average molecular weight is 553 g/mol. The van der Waals surface area contributed by atoms with Crippen molar-refractivity contribution >= 4 is 29.2 Å². The van der Waals surface area contributed by atoms with E-state index in [1.807, 2.05) is 0 Å². The molecule has 0 spiro atoms. The van der Waals surface area contributed by atoms with Crippen molar-refractivity contribution in [2.24, 2.45) is 0 Å². The van der Waals surface area contributed by atoms with Crippen LogP contribution in [0.15, 0.2) is 66.7 Å². The predicted molar refractivity (Wildman–Crippen MR) is 144 cm³/mol. The number of benzene rings is 3. The predicted octanol–water partition coefficient (Wildman–Crippen LogP) is 4.44. The van der Waals surface area contributed by atoms with Gasteiger partial charge in [0.15, 0.2) is 17.3 Å². The number of carbonyl (C=O) groups is 3. The number of hydrogen-bond donors (Lipinski definition) is 3. The van der Waals surface area contributed by atoms with Crippen molar-refractivity contribution in [3.8, 4) is 17.2 Å². The smallest absolute Gasteiger partial charge is 0.346 e. The van der Waals surface area contributed by atoms with Crippen LogP contribution in [0.2, 0.25) is 0 Å². The van der Waals surface area contributed by atoms with Crippen LogP contribution in [0.4, 0.5) is 15.8 Å². The van der Waals surface area contributed by atoms with Crippen molar-refractivity contribution in [2.75, 3.05) is 36.5 Å². The van der Waals surface area contributed by atoms with Gasteiger partial charge < -0.3 is 34.6 Å². The van der Waals surface area contributed by atoms with E-state index < -0.39 is 29.8 Å². The summed E-state index contributed by atoms with van der Waals surface area (Å²) in [4.78, 5) is 37.3. The highest BCUT2D eigenvalue weighted by molar-refractivity contribution is 6.05. The quantitative estimate of drug-likeness (QED) is 0.263. The van der Waals surface area contributed by atoms with Crippen LogP contribution in [0.1, 0.15) is 29.6 Å². The van der Waals surface area contributed by atoms with E-state index in [9.17, 15) is 23.9 Å². The molecule has 0 saturated carbocycles. The molecule has 11 heteroatoms. The number of rotatable bonds is 13. The summed E-state index contributed by atoms with van der Waals surface area (Å²) in [6.07, 6.45) is -0.378. The summed E-state index contributed by atoms with van der Waals surface area (Å²) in [6.45, 7) is 0.989. The van der Waals surface area contributed by atoms with Crippen LogP contribution in [0.5, 0.6) is 17.2 Å². The molecule has 3 aromatic carbocycles. The van der Waals surface area contributed by atoms with Gasteiger partial charge in [0.1, 0.15) is 5.75 Å². The number of para-hydroxylation sites is 2. The van der Waals surface area contributed by atoms with Gasteiger partial charge in [-0.3, -0.25) is 9.59 Å². The topological polar surface area (TPSA) is 135 Å². The van der Waals surface area contributed by atoms with Gasteiger partial charge in [-0.25, -0.2) is 9.18 Å². The van der Waals surface area contributed by atoms with Gasteiger partial charge in [-0.15, -0.1) is 0 Å². The minimum atomic E-state index is -1.18. The van der Waals surface area contributed by atoms with E-state index in [-0.39, 0.29) is 31.1 Å². The second-order valence-electron chi connectivity index (χ2n) is 9.00. The summed E-state index contributed by atoms with van der Waals surface area (Å²) in [5.41, 5.74) is 1.21. The molecule has 10 nitrogen and oxygen atoms in total. The fourth-order valence-electron chi connectivity index (χ4n) is 4.13. The zero-order valence-electron chi connectivity index (χ0n) is 21.5. The minimum Gasteiger partial charge on any atom is -0.493 e. The Labute approximate surface area is 229 Å². The molecule has 0 bridgehead atoms. The number of carboxylic acids is 2. The van der Waals surface area contributed by atoms with Crippen LogP contribution >= 0.6 is 0 Å². The Bertz CT molecular complexity index is 1350. The highest BCUT2D eigenvalue weighted by atomic mass is 19.1. The lowest BCUT2D eigenvalue weighted by Gasteiger charge is -2.35. The first-order chi connectivity index (χ1) is 19.3. The van der Waals surface area contributed by atoms with Gasteiger partial charge >= 0.3 is 11.9 Å². The van der Waals surface area contributed by atoms with Gasteiger partial charge in [0, 0.05) is 24.9 Å². The summed E-state index contributed by atoms with van der Waals surface area (Å²) in [6, 6.07) is 17.7. The van der Waals surface area contributed by atoms with E-state index in [0.717, 1.165) is 0 Å². The third kappa shape index (κ3) is 7.40. The molecule has 3 N–H and O–H groups in total. The Morgan fingerprint density at radius 1 is 0.950 bits per heavy atom. The van der Waals surface area contributed by atoms with Gasteiger partial charge in [-0.05, 0) is 55.0 Å². The van der Waals surface area contributed by atoms with E-state index in [1.165, 1.54) is 6.07 Å². The van der Waals surface area contributed by atoms with Crippen LogP contribution in [0, 0.1) is 5.82 Å². The van der Waals surface area contributed by atoms with Gasteiger partial charge in [-0.2, -0.15) is 0 Å². The second kappa shape index (κ2) is 13.3. The number of anilines is 2. The normalized spacial score (nSPS) is 14.0. The van der Waals surface area contributed by atoms with Gasteiger partial charge in [0.25, 0.3) is 5.91 Å². The van der Waals surface area contributed by atoms with Crippen molar-refractivity contribution in [2.45, 2.75) is 25.4 Å². The van der Waals surface area contributed by atoms with Crippen LogP contribution < -0.4 is 24.4 Å². The van der Waals surface area contributed by atoms with Crippen molar-refractivity contribution < 1.29 is 43.2 Å². The van der Waals surface area contributed by atoms with Crippen molar-refractivity contribution in [1.29, 1.82) is 0 Å². The number of nitrogens with zero attached hydrogens (tertiary/aromatic N) is 1. The maximum Gasteiger partial charge on any atom is 0.346 e. The Kier molecular flexibility index (Phi) is 9.39. The molecule has 1 atom stereocenters. The van der Waals surface area contributed by atoms with Crippen LogP contribution in [0.3, 0.4) is 0 Å². The molecule has 1 aliphatic heterocycles. The summed E-state index contributed by atoms with van der Waals surface area (Å²) < 4.78 is 30.4. The number of carbonyl (C=O) groups excluding carboxylic acids is 1. The van der Waals surface area contributed by atoms with E-state index in [4.69, 9.17) is 19.3 Å². The summed E-state index contributed by atoms with van der Waals surface area (Å²) in [7, 11) is 0. The lowest BCUT2D eigenvalue weighted by Crippen LogP contribution is -2.45. The second-order valence-corrected chi connectivity index (χ2v) is 9.00. The number of fused-ring (bicyclic) bond motifs is 1. The highest BCUT2D eigenvalue weighted by Gasteiger charge is 2.32. The highest BCUT2D eigenvalue weighted by Crippen LogP contribution is 2.40. The van der Waals surface area contributed by atoms with Crippen molar-refractivity contribution in [3.63, 3.8) is 0 Å². The Balaban J connectivity index is 1.34. The summed E-state index contributed by atoms with van der Waals surface area (Å²) >= 11 is 0. The number of nitrogens with one attached hydrogen (secondary N) is 1. The molecule has 1 unspecified atom stereocenters. The number of aliphatic carboxylic acids is 2.